The molecule has 22 heavy (non-hydrogen) atoms. The molecule has 1 aliphatic rings. The summed E-state index contributed by atoms with van der Waals surface area (Å²) < 4.78 is 41.9. The average molecular weight is 319 g/mol. The highest BCUT2D eigenvalue weighted by molar-refractivity contribution is 5.54. The fraction of sp³-hybridized carbons (Fsp3) is 0.333. The Bertz CT molecular complexity index is 638. The number of alkyl halides is 2. The van der Waals surface area contributed by atoms with Crippen molar-refractivity contribution in [1.29, 1.82) is 0 Å². The molecule has 0 amide bonds. The monoisotopic (exact) mass is 319 g/mol. The highest BCUT2D eigenvalue weighted by Crippen LogP contribution is 2.34. The summed E-state index contributed by atoms with van der Waals surface area (Å²) in [4.78, 5) is 10.2. The van der Waals surface area contributed by atoms with Crippen molar-refractivity contribution in [2.45, 2.75) is 19.8 Å². The van der Waals surface area contributed by atoms with Crippen molar-refractivity contribution >= 4 is 5.69 Å². The van der Waals surface area contributed by atoms with Crippen molar-refractivity contribution in [1.82, 2.24) is 5.01 Å². The third-order valence-electron chi connectivity index (χ3n) is 3.25. The molecular formula is C12H12F3N3O4. The van der Waals surface area contributed by atoms with Crippen LogP contribution in [0.3, 0.4) is 0 Å². The summed E-state index contributed by atoms with van der Waals surface area (Å²) >= 11 is 0. The zero-order valence-electron chi connectivity index (χ0n) is 11.5. The molecule has 0 bridgehead atoms. The van der Waals surface area contributed by atoms with Gasteiger partial charge in [-0.15, -0.1) is 0 Å². The van der Waals surface area contributed by atoms with Gasteiger partial charge in [0.15, 0.2) is 11.6 Å². The number of anilines is 1. The van der Waals surface area contributed by atoms with E-state index in [1.165, 1.54) is 25.0 Å². The summed E-state index contributed by atoms with van der Waals surface area (Å²) in [5.74, 6) is -1.74. The normalized spacial score (nSPS) is 18.4. The maximum Gasteiger partial charge on any atom is 0.387 e. The number of hydrazine groups is 1. The Morgan fingerprint density at radius 2 is 2.09 bits per heavy atom. The van der Waals surface area contributed by atoms with Crippen molar-refractivity contribution in [2.24, 2.45) is 0 Å². The number of allylic oxidation sites excluding steroid dienone is 1. The lowest BCUT2D eigenvalue weighted by Gasteiger charge is -2.30. The zero-order valence-corrected chi connectivity index (χ0v) is 11.5. The maximum atomic E-state index is 13.4. The van der Waals surface area contributed by atoms with Crippen LogP contribution >= 0.6 is 0 Å². The van der Waals surface area contributed by atoms with E-state index >= 15 is 0 Å². The Balaban J connectivity index is 2.39. The minimum Gasteiger partial charge on any atom is -0.432 e. The molecule has 2 rings (SSSR count). The molecule has 0 aliphatic carbocycles. The number of nitrogens with zero attached hydrogens (tertiary/aromatic N) is 3. The molecule has 0 saturated heterocycles. The smallest absolute Gasteiger partial charge is 0.387 e. The van der Waals surface area contributed by atoms with Crippen LogP contribution in [0.25, 0.3) is 0 Å². The number of hydrogen-bond donors (Lipinski definition) is 1. The molecule has 7 nitrogen and oxygen atoms in total. The molecule has 0 fully saturated rings. The lowest BCUT2D eigenvalue weighted by Crippen LogP contribution is -2.41. The first-order chi connectivity index (χ1) is 10.2. The van der Waals surface area contributed by atoms with Crippen molar-refractivity contribution in [3.05, 3.63) is 45.5 Å². The van der Waals surface area contributed by atoms with E-state index in [0.717, 1.165) is 17.1 Å². The Kier molecular flexibility index (Phi) is 4.13. The average Bonchev–Trinajstić information content (AvgIpc) is 2.63. The van der Waals surface area contributed by atoms with Gasteiger partial charge in [0, 0.05) is 13.1 Å². The molecule has 0 aromatic heterocycles. The number of halogens is 3. The Hall–Kier alpha value is -2.49. The molecule has 1 heterocycles. The van der Waals surface area contributed by atoms with Crippen LogP contribution in [-0.4, -0.2) is 34.9 Å². The Morgan fingerprint density at radius 3 is 2.59 bits per heavy atom. The molecule has 1 aromatic rings. The van der Waals surface area contributed by atoms with E-state index < -0.39 is 35.0 Å². The summed E-state index contributed by atoms with van der Waals surface area (Å²) in [6.07, 6.45) is -1.63. The highest BCUT2D eigenvalue weighted by Gasteiger charge is 2.42. The number of nitro groups is 1. The van der Waals surface area contributed by atoms with Crippen LogP contribution < -0.4 is 9.75 Å². The first-order valence-electron chi connectivity index (χ1n) is 6.04. The number of hydrogen-bond acceptors (Lipinski definition) is 6. The van der Waals surface area contributed by atoms with Gasteiger partial charge >= 0.3 is 12.3 Å². The van der Waals surface area contributed by atoms with Gasteiger partial charge in [-0.25, -0.2) is 9.40 Å². The largest absolute Gasteiger partial charge is 0.432 e. The molecule has 1 aliphatic heterocycles. The van der Waals surface area contributed by atoms with Crippen molar-refractivity contribution in [3.63, 3.8) is 0 Å². The standard InChI is InChI=1S/C12H12F3N3O4/c1-6-10(18(20)21)11(19)17(16(6)2)7-3-4-8(13)9(5-7)22-12(14)15/h3-5,11-12,19H,1-2H3. The summed E-state index contributed by atoms with van der Waals surface area (Å²) in [5.41, 5.74) is -0.232. The second kappa shape index (κ2) is 5.72. The number of rotatable bonds is 4. The molecule has 0 saturated carbocycles. The predicted octanol–water partition coefficient (Wildman–Crippen LogP) is 1.92. The van der Waals surface area contributed by atoms with Crippen LogP contribution in [0.4, 0.5) is 18.9 Å². The van der Waals surface area contributed by atoms with Crippen LogP contribution in [0.2, 0.25) is 0 Å². The summed E-state index contributed by atoms with van der Waals surface area (Å²) in [7, 11) is 1.44. The van der Waals surface area contributed by atoms with E-state index in [1.54, 1.807) is 0 Å². The van der Waals surface area contributed by atoms with Gasteiger partial charge in [-0.05, 0) is 19.1 Å². The van der Waals surface area contributed by atoms with Crippen LogP contribution in [0.15, 0.2) is 29.6 Å². The fourth-order valence-corrected chi connectivity index (χ4v) is 2.16. The van der Waals surface area contributed by atoms with Gasteiger partial charge in [-0.1, -0.05) is 0 Å². The molecule has 120 valence electrons. The van der Waals surface area contributed by atoms with E-state index in [1.807, 2.05) is 0 Å². The predicted molar refractivity (Wildman–Crippen MR) is 69.0 cm³/mol. The second-order valence-electron chi connectivity index (χ2n) is 4.46. The van der Waals surface area contributed by atoms with Gasteiger partial charge in [-0.2, -0.15) is 8.78 Å². The number of aliphatic hydroxyl groups is 1. The van der Waals surface area contributed by atoms with Crippen LogP contribution in [0.1, 0.15) is 6.92 Å². The third kappa shape index (κ3) is 2.64. The third-order valence-corrected chi connectivity index (χ3v) is 3.25. The summed E-state index contributed by atoms with van der Waals surface area (Å²) in [6.45, 7) is -1.80. The highest BCUT2D eigenvalue weighted by atomic mass is 19.3. The molecule has 1 unspecified atom stereocenters. The first kappa shape index (κ1) is 15.9. The van der Waals surface area contributed by atoms with Gasteiger partial charge in [0.2, 0.25) is 6.23 Å². The van der Waals surface area contributed by atoms with Gasteiger partial charge in [0.25, 0.3) is 0 Å². The molecule has 1 N–H and O–H groups in total. The lowest BCUT2D eigenvalue weighted by atomic mass is 10.2. The number of aliphatic hydroxyl groups excluding tert-OH is 1. The first-order valence-corrected chi connectivity index (χ1v) is 6.04. The van der Waals surface area contributed by atoms with Crippen LogP contribution in [0.5, 0.6) is 5.75 Å². The second-order valence-corrected chi connectivity index (χ2v) is 4.46. The molecule has 1 atom stereocenters. The SMILES string of the molecule is CC1=C([N+](=O)[O-])C(O)N(c2ccc(F)c(OC(F)F)c2)N1C. The van der Waals surface area contributed by atoms with E-state index in [2.05, 4.69) is 4.74 Å². The lowest BCUT2D eigenvalue weighted by molar-refractivity contribution is -0.435. The maximum absolute atomic E-state index is 13.4. The van der Waals surface area contributed by atoms with E-state index in [9.17, 15) is 28.4 Å². The summed E-state index contributed by atoms with van der Waals surface area (Å²) in [5, 5.41) is 23.3. The van der Waals surface area contributed by atoms with Crippen molar-refractivity contribution < 1.29 is 27.9 Å². The zero-order chi connectivity index (χ0) is 16.6. The van der Waals surface area contributed by atoms with Crippen molar-refractivity contribution in [2.75, 3.05) is 12.1 Å². The van der Waals surface area contributed by atoms with Gasteiger partial charge < -0.3 is 9.84 Å². The van der Waals surface area contributed by atoms with Gasteiger partial charge in [-0.3, -0.25) is 15.1 Å². The van der Waals surface area contributed by atoms with E-state index in [-0.39, 0.29) is 11.4 Å². The van der Waals surface area contributed by atoms with Gasteiger partial charge in [0.05, 0.1) is 10.6 Å². The van der Waals surface area contributed by atoms with Gasteiger partial charge in [0.1, 0.15) is 5.70 Å². The molecule has 1 aromatic carbocycles. The minimum atomic E-state index is -3.22. The molecule has 0 radical (unpaired) electrons. The molecule has 10 heteroatoms. The van der Waals surface area contributed by atoms with Crippen LogP contribution in [-0.2, 0) is 0 Å². The Morgan fingerprint density at radius 1 is 1.45 bits per heavy atom. The summed E-state index contributed by atoms with van der Waals surface area (Å²) in [6, 6.07) is 2.98. The molecule has 0 spiro atoms. The van der Waals surface area contributed by atoms with Crippen LogP contribution in [0, 0.1) is 15.9 Å². The Labute approximate surface area is 122 Å². The van der Waals surface area contributed by atoms with E-state index in [4.69, 9.17) is 0 Å². The van der Waals surface area contributed by atoms with E-state index in [0.29, 0.717) is 0 Å². The van der Waals surface area contributed by atoms with Crippen molar-refractivity contribution in [3.8, 4) is 5.75 Å². The fourth-order valence-electron chi connectivity index (χ4n) is 2.16. The quantitative estimate of drug-likeness (QED) is 0.675. The topological polar surface area (TPSA) is 79.1 Å². The molecular weight excluding hydrogens is 307 g/mol. The minimum absolute atomic E-state index is 0.0586. The number of benzene rings is 1. The number of ether oxygens (including phenoxy) is 1.